The highest BCUT2D eigenvalue weighted by Crippen LogP contribution is 2.36. The highest BCUT2D eigenvalue weighted by molar-refractivity contribution is 6.32. The normalized spacial score (nSPS) is 16.6. The lowest BCUT2D eigenvalue weighted by Gasteiger charge is -2.30. The van der Waals surface area contributed by atoms with Crippen LogP contribution in [-0.2, 0) is 12.3 Å². The highest BCUT2D eigenvalue weighted by atomic mass is 35.5. The molecule has 2 aromatic carbocycles. The third-order valence-electron chi connectivity index (χ3n) is 3.55. The van der Waals surface area contributed by atoms with Gasteiger partial charge in [-0.05, 0) is 35.2 Å². The number of fused-ring (bicyclic) bond motifs is 1. The SMILES string of the molecule is ClCc1ccc(OCC2Cc3ccccc32)c(Cl)c1. The number of ether oxygens (including phenoxy) is 1. The van der Waals surface area contributed by atoms with Gasteiger partial charge in [0.15, 0.2) is 0 Å². The molecule has 0 saturated heterocycles. The summed E-state index contributed by atoms with van der Waals surface area (Å²) in [4.78, 5) is 0. The Morgan fingerprint density at radius 2 is 2.00 bits per heavy atom. The maximum absolute atomic E-state index is 6.17. The van der Waals surface area contributed by atoms with Crippen LogP contribution in [0, 0.1) is 0 Å². The van der Waals surface area contributed by atoms with Crippen LogP contribution in [0.3, 0.4) is 0 Å². The first kappa shape index (κ1) is 12.8. The van der Waals surface area contributed by atoms with Gasteiger partial charge in [-0.2, -0.15) is 0 Å². The maximum atomic E-state index is 6.17. The van der Waals surface area contributed by atoms with Gasteiger partial charge in [-0.15, -0.1) is 11.6 Å². The number of rotatable bonds is 4. The summed E-state index contributed by atoms with van der Waals surface area (Å²) in [6, 6.07) is 14.2. The van der Waals surface area contributed by atoms with Gasteiger partial charge in [0, 0.05) is 11.8 Å². The number of alkyl halides is 1. The Balaban J connectivity index is 1.65. The van der Waals surface area contributed by atoms with Crippen molar-refractivity contribution in [3.8, 4) is 5.75 Å². The third-order valence-corrected chi connectivity index (χ3v) is 4.16. The maximum Gasteiger partial charge on any atom is 0.137 e. The van der Waals surface area contributed by atoms with Crippen molar-refractivity contribution in [2.24, 2.45) is 0 Å². The van der Waals surface area contributed by atoms with E-state index >= 15 is 0 Å². The first-order valence-electron chi connectivity index (χ1n) is 6.33. The Bertz CT molecular complexity index is 595. The summed E-state index contributed by atoms with van der Waals surface area (Å²) >= 11 is 11.9. The number of hydrogen-bond acceptors (Lipinski definition) is 1. The summed E-state index contributed by atoms with van der Waals surface area (Å²) in [5.41, 5.74) is 3.84. The van der Waals surface area contributed by atoms with Gasteiger partial charge in [-0.1, -0.05) is 41.9 Å². The molecular weight excluding hydrogens is 279 g/mol. The lowest BCUT2D eigenvalue weighted by atomic mass is 9.78. The van der Waals surface area contributed by atoms with Crippen LogP contribution in [0.15, 0.2) is 42.5 Å². The van der Waals surface area contributed by atoms with E-state index in [9.17, 15) is 0 Å². The van der Waals surface area contributed by atoms with Gasteiger partial charge in [0.05, 0.1) is 11.6 Å². The Kier molecular flexibility index (Phi) is 3.67. The van der Waals surface area contributed by atoms with E-state index in [0.29, 0.717) is 23.4 Å². The Labute approximate surface area is 123 Å². The van der Waals surface area contributed by atoms with Crippen molar-refractivity contribution in [1.82, 2.24) is 0 Å². The summed E-state index contributed by atoms with van der Waals surface area (Å²) in [6.07, 6.45) is 1.09. The smallest absolute Gasteiger partial charge is 0.137 e. The minimum Gasteiger partial charge on any atom is -0.491 e. The summed E-state index contributed by atoms with van der Waals surface area (Å²) in [6.45, 7) is 0.678. The van der Waals surface area contributed by atoms with E-state index in [1.54, 1.807) is 0 Å². The van der Waals surface area contributed by atoms with Crippen LogP contribution in [0.5, 0.6) is 5.75 Å². The van der Waals surface area contributed by atoms with Crippen LogP contribution in [0.2, 0.25) is 5.02 Å². The van der Waals surface area contributed by atoms with Gasteiger partial charge < -0.3 is 4.74 Å². The van der Waals surface area contributed by atoms with Crippen molar-refractivity contribution in [2.75, 3.05) is 6.61 Å². The van der Waals surface area contributed by atoms with Crippen LogP contribution in [0.25, 0.3) is 0 Å². The molecule has 0 spiro atoms. The fourth-order valence-electron chi connectivity index (χ4n) is 2.45. The molecule has 0 aliphatic heterocycles. The molecule has 3 rings (SSSR count). The molecule has 0 aromatic heterocycles. The standard InChI is InChI=1S/C16H14Cl2O/c17-9-11-5-6-16(15(18)7-11)19-10-13-8-12-3-1-2-4-14(12)13/h1-7,13H,8-10H2. The first-order valence-corrected chi connectivity index (χ1v) is 7.24. The molecule has 3 heteroatoms. The van der Waals surface area contributed by atoms with Crippen LogP contribution < -0.4 is 4.74 Å². The second kappa shape index (κ2) is 5.44. The number of hydrogen-bond donors (Lipinski definition) is 0. The molecule has 1 unspecified atom stereocenters. The Morgan fingerprint density at radius 1 is 1.16 bits per heavy atom. The molecule has 1 aliphatic rings. The second-order valence-electron chi connectivity index (χ2n) is 4.81. The van der Waals surface area contributed by atoms with E-state index in [0.717, 1.165) is 17.7 Å². The van der Waals surface area contributed by atoms with Crippen molar-refractivity contribution >= 4 is 23.2 Å². The highest BCUT2D eigenvalue weighted by Gasteiger charge is 2.26. The molecular formula is C16H14Cl2O. The van der Waals surface area contributed by atoms with Gasteiger partial charge in [-0.25, -0.2) is 0 Å². The molecule has 19 heavy (non-hydrogen) atoms. The zero-order valence-electron chi connectivity index (χ0n) is 10.4. The van der Waals surface area contributed by atoms with Crippen molar-refractivity contribution < 1.29 is 4.74 Å². The zero-order valence-corrected chi connectivity index (χ0v) is 11.9. The van der Waals surface area contributed by atoms with Crippen LogP contribution in [0.4, 0.5) is 0 Å². The Hall–Kier alpha value is -1.18. The first-order chi connectivity index (χ1) is 9.28. The predicted octanol–water partition coefficient (Wildman–Crippen LogP) is 4.80. The Morgan fingerprint density at radius 3 is 2.74 bits per heavy atom. The van der Waals surface area contributed by atoms with Gasteiger partial charge in [-0.3, -0.25) is 0 Å². The van der Waals surface area contributed by atoms with E-state index in [-0.39, 0.29) is 0 Å². The van der Waals surface area contributed by atoms with Gasteiger partial charge in [0.2, 0.25) is 0 Å². The topological polar surface area (TPSA) is 9.23 Å². The van der Waals surface area contributed by atoms with E-state index < -0.39 is 0 Å². The van der Waals surface area contributed by atoms with E-state index in [1.807, 2.05) is 18.2 Å². The largest absolute Gasteiger partial charge is 0.491 e. The molecule has 0 heterocycles. The molecule has 0 radical (unpaired) electrons. The van der Waals surface area contributed by atoms with Crippen molar-refractivity contribution in [2.45, 2.75) is 18.2 Å². The molecule has 98 valence electrons. The molecule has 1 aliphatic carbocycles. The molecule has 2 aromatic rings. The summed E-state index contributed by atoms with van der Waals surface area (Å²) in [7, 11) is 0. The van der Waals surface area contributed by atoms with Crippen LogP contribution in [-0.4, -0.2) is 6.61 Å². The predicted molar refractivity (Wildman–Crippen MR) is 79.4 cm³/mol. The summed E-state index contributed by atoms with van der Waals surface area (Å²) in [5, 5.41) is 0.630. The van der Waals surface area contributed by atoms with E-state index in [1.165, 1.54) is 11.1 Å². The second-order valence-corrected chi connectivity index (χ2v) is 5.48. The van der Waals surface area contributed by atoms with Crippen LogP contribution >= 0.6 is 23.2 Å². The van der Waals surface area contributed by atoms with Crippen molar-refractivity contribution in [1.29, 1.82) is 0 Å². The minimum atomic E-state index is 0.468. The average molecular weight is 293 g/mol. The van der Waals surface area contributed by atoms with Crippen molar-refractivity contribution in [3.05, 3.63) is 64.2 Å². The van der Waals surface area contributed by atoms with Crippen LogP contribution in [0.1, 0.15) is 22.6 Å². The van der Waals surface area contributed by atoms with Gasteiger partial charge in [0.1, 0.15) is 5.75 Å². The number of halogens is 2. The molecule has 1 nitrogen and oxygen atoms in total. The van der Waals surface area contributed by atoms with Gasteiger partial charge in [0.25, 0.3) is 0 Å². The molecule has 0 saturated carbocycles. The van der Waals surface area contributed by atoms with E-state index in [4.69, 9.17) is 27.9 Å². The molecule has 1 atom stereocenters. The molecule has 0 N–H and O–H groups in total. The molecule has 0 bridgehead atoms. The lowest BCUT2D eigenvalue weighted by Crippen LogP contribution is -2.23. The van der Waals surface area contributed by atoms with Gasteiger partial charge >= 0.3 is 0 Å². The molecule has 0 amide bonds. The summed E-state index contributed by atoms with van der Waals surface area (Å²) < 4.78 is 5.82. The monoisotopic (exact) mass is 292 g/mol. The molecule has 0 fully saturated rings. The van der Waals surface area contributed by atoms with E-state index in [2.05, 4.69) is 24.3 Å². The minimum absolute atomic E-state index is 0.468. The zero-order chi connectivity index (χ0) is 13.2. The average Bonchev–Trinajstić information content (AvgIpc) is 2.41. The fraction of sp³-hybridized carbons (Fsp3) is 0.250. The van der Waals surface area contributed by atoms with Crippen molar-refractivity contribution in [3.63, 3.8) is 0 Å². The quantitative estimate of drug-likeness (QED) is 0.736. The fourth-order valence-corrected chi connectivity index (χ4v) is 2.87. The lowest BCUT2D eigenvalue weighted by molar-refractivity contribution is 0.275. The summed E-state index contributed by atoms with van der Waals surface area (Å²) in [5.74, 6) is 1.69. The number of benzene rings is 2. The third kappa shape index (κ3) is 2.58.